The molecule has 0 bridgehead atoms. The maximum absolute atomic E-state index is 13.0. The summed E-state index contributed by atoms with van der Waals surface area (Å²) in [6.45, 7) is 1.82. The number of hydrogen-bond donors (Lipinski definition) is 1. The summed E-state index contributed by atoms with van der Waals surface area (Å²) in [5.41, 5.74) is 2.27. The third-order valence-corrected chi connectivity index (χ3v) is 6.36. The van der Waals surface area contributed by atoms with Crippen LogP contribution in [0.5, 0.6) is 11.5 Å². The Labute approximate surface area is 207 Å². The molecule has 0 fully saturated rings. The van der Waals surface area contributed by atoms with E-state index in [1.807, 2.05) is 60.0 Å². The molecule has 4 aromatic rings. The van der Waals surface area contributed by atoms with Crippen molar-refractivity contribution in [2.45, 2.75) is 17.3 Å². The molecule has 0 aliphatic heterocycles. The van der Waals surface area contributed by atoms with Gasteiger partial charge < -0.3 is 14.8 Å². The molecule has 0 aliphatic carbocycles. The molecular weight excluding hydrogens is 472 g/mol. The molecule has 1 heterocycles. The van der Waals surface area contributed by atoms with Crippen molar-refractivity contribution in [2.75, 3.05) is 19.5 Å². The Hall–Kier alpha value is -3.49. The highest BCUT2D eigenvalue weighted by molar-refractivity contribution is 8.00. The number of para-hydroxylation sites is 2. The SMILES string of the molecule is COc1cccc(-c2nnc(S[C@@H](C)C(=O)Nc3ccccc3OC)n2-c2ccc(Cl)cc2)c1. The van der Waals surface area contributed by atoms with Gasteiger partial charge in [0.25, 0.3) is 0 Å². The number of anilines is 1. The highest BCUT2D eigenvalue weighted by atomic mass is 35.5. The molecule has 0 aliphatic rings. The van der Waals surface area contributed by atoms with Gasteiger partial charge in [-0.05, 0) is 55.5 Å². The molecule has 1 aromatic heterocycles. The van der Waals surface area contributed by atoms with E-state index in [9.17, 15) is 4.79 Å². The smallest absolute Gasteiger partial charge is 0.237 e. The topological polar surface area (TPSA) is 78.3 Å². The number of benzene rings is 3. The molecule has 0 saturated heterocycles. The molecule has 4 rings (SSSR count). The second-order valence-electron chi connectivity index (χ2n) is 7.30. The summed E-state index contributed by atoms with van der Waals surface area (Å²) in [7, 11) is 3.18. The molecule has 0 spiro atoms. The van der Waals surface area contributed by atoms with Crippen molar-refractivity contribution in [3.63, 3.8) is 0 Å². The second-order valence-corrected chi connectivity index (χ2v) is 9.04. The maximum Gasteiger partial charge on any atom is 0.237 e. The van der Waals surface area contributed by atoms with Crippen LogP contribution in [0.3, 0.4) is 0 Å². The zero-order valence-electron chi connectivity index (χ0n) is 18.9. The van der Waals surface area contributed by atoms with Crippen LogP contribution in [-0.2, 0) is 4.79 Å². The van der Waals surface area contributed by atoms with Crippen LogP contribution in [0.15, 0.2) is 78.0 Å². The Balaban J connectivity index is 1.66. The minimum Gasteiger partial charge on any atom is -0.497 e. The standard InChI is InChI=1S/C25H23ClN4O3S/c1-16(24(31)27-21-9-4-5-10-22(21)33-3)34-25-29-28-23(17-7-6-8-20(15-17)32-2)30(25)19-13-11-18(26)12-14-19/h4-16H,1-3H3,(H,27,31)/t16-/m0/s1. The number of methoxy groups -OCH3 is 2. The molecule has 0 radical (unpaired) electrons. The van der Waals surface area contributed by atoms with E-state index in [0.717, 1.165) is 11.3 Å². The highest BCUT2D eigenvalue weighted by Crippen LogP contribution is 2.32. The summed E-state index contributed by atoms with van der Waals surface area (Å²) in [5, 5.41) is 12.5. The van der Waals surface area contributed by atoms with Gasteiger partial charge in [-0.15, -0.1) is 10.2 Å². The fraction of sp³-hybridized carbons (Fsp3) is 0.160. The first kappa shape index (κ1) is 23.7. The van der Waals surface area contributed by atoms with E-state index in [1.54, 1.807) is 38.5 Å². The Morgan fingerprint density at radius 1 is 1.00 bits per heavy atom. The van der Waals surface area contributed by atoms with E-state index in [1.165, 1.54) is 11.8 Å². The Kier molecular flexibility index (Phi) is 7.40. The van der Waals surface area contributed by atoms with Gasteiger partial charge in [0.2, 0.25) is 5.91 Å². The van der Waals surface area contributed by atoms with E-state index in [-0.39, 0.29) is 5.91 Å². The highest BCUT2D eigenvalue weighted by Gasteiger charge is 2.23. The van der Waals surface area contributed by atoms with Gasteiger partial charge in [0.1, 0.15) is 11.5 Å². The van der Waals surface area contributed by atoms with Crippen LogP contribution in [0.1, 0.15) is 6.92 Å². The lowest BCUT2D eigenvalue weighted by Gasteiger charge is -2.15. The molecule has 174 valence electrons. The molecule has 0 saturated carbocycles. The normalized spacial score (nSPS) is 11.6. The molecular formula is C25H23ClN4O3S. The third kappa shape index (κ3) is 5.18. The molecule has 1 atom stereocenters. The number of halogens is 1. The van der Waals surface area contributed by atoms with Crippen LogP contribution in [0.4, 0.5) is 5.69 Å². The minimum atomic E-state index is -0.460. The van der Waals surface area contributed by atoms with Crippen molar-refractivity contribution in [1.82, 2.24) is 14.8 Å². The van der Waals surface area contributed by atoms with Gasteiger partial charge in [-0.1, -0.05) is 47.6 Å². The molecule has 1 N–H and O–H groups in total. The van der Waals surface area contributed by atoms with Gasteiger partial charge in [-0.3, -0.25) is 9.36 Å². The predicted octanol–water partition coefficient (Wildman–Crippen LogP) is 5.72. The van der Waals surface area contributed by atoms with Crippen LogP contribution in [0.25, 0.3) is 17.1 Å². The number of rotatable bonds is 8. The van der Waals surface area contributed by atoms with Crippen molar-refractivity contribution in [3.05, 3.63) is 77.8 Å². The summed E-state index contributed by atoms with van der Waals surface area (Å²) in [5.74, 6) is 1.75. The number of aromatic nitrogens is 3. The number of nitrogens with one attached hydrogen (secondary N) is 1. The summed E-state index contributed by atoms with van der Waals surface area (Å²) in [6.07, 6.45) is 0. The molecule has 1 amide bonds. The monoisotopic (exact) mass is 494 g/mol. The Morgan fingerprint density at radius 3 is 2.50 bits per heavy atom. The van der Waals surface area contributed by atoms with Crippen molar-refractivity contribution >= 4 is 35.0 Å². The van der Waals surface area contributed by atoms with Crippen LogP contribution in [0, 0.1) is 0 Å². The Morgan fingerprint density at radius 2 is 1.76 bits per heavy atom. The number of ether oxygens (including phenoxy) is 2. The van der Waals surface area contributed by atoms with Crippen LogP contribution in [0.2, 0.25) is 5.02 Å². The van der Waals surface area contributed by atoms with Crippen LogP contribution < -0.4 is 14.8 Å². The number of nitrogens with zero attached hydrogens (tertiary/aromatic N) is 3. The van der Waals surface area contributed by atoms with Crippen molar-refractivity contribution in [2.24, 2.45) is 0 Å². The summed E-state index contributed by atoms with van der Waals surface area (Å²) < 4.78 is 12.6. The zero-order chi connectivity index (χ0) is 24.1. The van der Waals surface area contributed by atoms with Crippen molar-refractivity contribution in [3.8, 4) is 28.6 Å². The van der Waals surface area contributed by atoms with Gasteiger partial charge in [0, 0.05) is 16.3 Å². The minimum absolute atomic E-state index is 0.178. The van der Waals surface area contributed by atoms with Gasteiger partial charge in [-0.25, -0.2) is 0 Å². The van der Waals surface area contributed by atoms with Gasteiger partial charge >= 0.3 is 0 Å². The first-order chi connectivity index (χ1) is 16.5. The lowest BCUT2D eigenvalue weighted by molar-refractivity contribution is -0.115. The number of carbonyl (C=O) groups excluding carboxylic acids is 1. The number of hydrogen-bond acceptors (Lipinski definition) is 6. The lowest BCUT2D eigenvalue weighted by atomic mass is 10.2. The fourth-order valence-corrected chi connectivity index (χ4v) is 4.31. The molecule has 34 heavy (non-hydrogen) atoms. The second kappa shape index (κ2) is 10.6. The van der Waals surface area contributed by atoms with Gasteiger partial charge in [0.15, 0.2) is 11.0 Å². The predicted molar refractivity (Wildman–Crippen MR) is 135 cm³/mol. The van der Waals surface area contributed by atoms with Crippen LogP contribution >= 0.6 is 23.4 Å². The van der Waals surface area contributed by atoms with Gasteiger partial charge in [-0.2, -0.15) is 0 Å². The quantitative estimate of drug-likeness (QED) is 0.315. The summed E-state index contributed by atoms with van der Waals surface area (Å²) in [6, 6.07) is 22.3. The largest absolute Gasteiger partial charge is 0.497 e. The molecule has 3 aromatic carbocycles. The first-order valence-corrected chi connectivity index (χ1v) is 11.7. The molecule has 9 heteroatoms. The summed E-state index contributed by atoms with van der Waals surface area (Å²) >= 11 is 7.42. The van der Waals surface area contributed by atoms with E-state index >= 15 is 0 Å². The number of thioether (sulfide) groups is 1. The van der Waals surface area contributed by atoms with E-state index in [2.05, 4.69) is 15.5 Å². The average Bonchev–Trinajstić information content (AvgIpc) is 3.28. The lowest BCUT2D eigenvalue weighted by Crippen LogP contribution is -2.23. The Bertz CT molecular complexity index is 1290. The van der Waals surface area contributed by atoms with Crippen LogP contribution in [-0.4, -0.2) is 40.1 Å². The van der Waals surface area contributed by atoms with Gasteiger partial charge in [0.05, 0.1) is 25.2 Å². The van der Waals surface area contributed by atoms with E-state index in [0.29, 0.717) is 33.2 Å². The summed E-state index contributed by atoms with van der Waals surface area (Å²) in [4.78, 5) is 13.0. The molecule has 7 nitrogen and oxygen atoms in total. The fourth-order valence-electron chi connectivity index (χ4n) is 3.31. The van der Waals surface area contributed by atoms with E-state index in [4.69, 9.17) is 21.1 Å². The average molecular weight is 495 g/mol. The number of amides is 1. The third-order valence-electron chi connectivity index (χ3n) is 5.06. The van der Waals surface area contributed by atoms with Crippen molar-refractivity contribution < 1.29 is 14.3 Å². The van der Waals surface area contributed by atoms with E-state index < -0.39 is 5.25 Å². The first-order valence-electron chi connectivity index (χ1n) is 10.5. The molecule has 0 unspecified atom stereocenters. The maximum atomic E-state index is 13.0. The van der Waals surface area contributed by atoms with Crippen molar-refractivity contribution in [1.29, 1.82) is 0 Å². The number of carbonyl (C=O) groups is 1. The zero-order valence-corrected chi connectivity index (χ0v) is 20.4.